The summed E-state index contributed by atoms with van der Waals surface area (Å²) in [6.45, 7) is 2.17. The van der Waals surface area contributed by atoms with Gasteiger partial charge >= 0.3 is 33.6 Å². The lowest BCUT2D eigenvalue weighted by Gasteiger charge is -2.21. The summed E-state index contributed by atoms with van der Waals surface area (Å²) in [4.78, 5) is 58.7. The topological polar surface area (TPSA) is 231 Å². The second kappa shape index (κ2) is 83.3. The van der Waals surface area contributed by atoms with Gasteiger partial charge in [-0.2, -0.15) is 0 Å². The molecule has 5 atom stereocenters. The molecule has 0 aliphatic rings. The molecule has 16 nitrogen and oxygen atoms in total. The quantitative estimate of drug-likeness (QED) is 0.0146. The van der Waals surface area contributed by atoms with Gasteiger partial charge < -0.3 is 34.2 Å². The summed E-state index contributed by atoms with van der Waals surface area (Å²) in [7, 11) is -9.85. The lowest BCUT2D eigenvalue weighted by Crippen LogP contribution is -2.29. The molecule has 0 aliphatic carbocycles. The van der Waals surface area contributed by atoms with Crippen LogP contribution in [0, 0.1) is 0 Å². The molecule has 4 N–H and O–H groups in total. The smallest absolute Gasteiger partial charge is 0.463 e. The molecule has 0 heterocycles. The average Bonchev–Trinajstić information content (AvgIpc) is 0.901. The van der Waals surface area contributed by atoms with Crippen molar-refractivity contribution in [3.8, 4) is 0 Å². The van der Waals surface area contributed by atoms with Gasteiger partial charge in [0.25, 0.3) is 0 Å². The molecule has 0 fully saturated rings. The van der Waals surface area contributed by atoms with Crippen LogP contribution in [-0.4, -0.2) is 95.9 Å². The van der Waals surface area contributed by atoms with E-state index in [1.54, 1.807) is 0 Å². The molecule has 18 heteroatoms. The largest absolute Gasteiger partial charge is 0.472 e. The first-order valence-corrected chi connectivity index (χ1v) is 45.0. The number of phosphoric ester groups is 2. The lowest BCUT2D eigenvalue weighted by atomic mass is 10.0. The van der Waals surface area contributed by atoms with Crippen LogP contribution in [0.4, 0.5) is 0 Å². The number of allylic oxidation sites excluding steroid dienone is 36. The second-order valence-electron chi connectivity index (χ2n) is 27.1. The van der Waals surface area contributed by atoms with Crippen molar-refractivity contribution in [1.29, 1.82) is 0 Å². The highest BCUT2D eigenvalue weighted by Gasteiger charge is 2.29. The number of aliphatic hydroxyl groups is 2. The van der Waals surface area contributed by atoms with Gasteiger partial charge in [0, 0.05) is 19.3 Å². The standard InChI is InChI=1S/C93H148O16P2/c1-4-7-10-13-16-19-22-25-28-31-34-36-37-38-39-40-41-42-43-44-45-46-47-48-49-51-54-55-58-61-64-67-70-73-76-79-91(96)103-82-88(94)83-105-110(99,100)106-84-89(95)85-107-111(101,102)108-87-90(109-93(98)81-78-75-72-69-66-63-60-57-52-33-30-27-24-21-18-15-12-9-6-3)86-104-92(97)80-77-74-71-68-65-62-59-56-53-50-35-32-29-26-23-20-17-14-11-8-5-2/h7-12,16-21,25-30,34-36,38-39,41-42,50,52,56-57,59,63,65-66,68,72,75,88-90,94-95H,4-6,13-15,22-24,31-33,37,40,43-49,51,53-55,58,60-62,64,67,69-71,73-74,76-87H2,1-3H3,(H,99,100)(H,101,102)/b10-7-,11-8-,12-9-,19-16-,20-17-,21-18-,28-25-,29-26-,30-27-,36-34-,39-38-,42-41-,50-35-,57-52-,59-56-,66-63-,68-65-,75-72-. The number of phosphoric acid groups is 2. The number of rotatable bonds is 77. The molecule has 0 saturated heterocycles. The number of unbranched alkanes of at least 4 members (excludes halogenated alkanes) is 18. The first-order chi connectivity index (χ1) is 54.2. The zero-order valence-corrected chi connectivity index (χ0v) is 70.3. The van der Waals surface area contributed by atoms with Gasteiger partial charge in [0.2, 0.25) is 0 Å². The van der Waals surface area contributed by atoms with Gasteiger partial charge in [0.1, 0.15) is 25.4 Å². The van der Waals surface area contributed by atoms with Gasteiger partial charge in [-0.1, -0.05) is 329 Å². The molecule has 0 bridgehead atoms. The number of esters is 3. The van der Waals surface area contributed by atoms with Crippen LogP contribution in [0.2, 0.25) is 0 Å². The van der Waals surface area contributed by atoms with Crippen molar-refractivity contribution in [2.45, 2.75) is 309 Å². The molecule has 0 aromatic carbocycles. The van der Waals surface area contributed by atoms with E-state index in [0.717, 1.165) is 141 Å². The molecule has 626 valence electrons. The van der Waals surface area contributed by atoms with E-state index in [0.29, 0.717) is 25.7 Å². The molecule has 0 rings (SSSR count). The summed E-state index contributed by atoms with van der Waals surface area (Å²) >= 11 is 0. The van der Waals surface area contributed by atoms with E-state index in [9.17, 15) is 43.5 Å². The molecule has 0 spiro atoms. The summed E-state index contributed by atoms with van der Waals surface area (Å²) in [5.41, 5.74) is 0. The maximum Gasteiger partial charge on any atom is 0.472 e. The Morgan fingerprint density at radius 3 is 0.766 bits per heavy atom. The number of ether oxygens (including phenoxy) is 3. The van der Waals surface area contributed by atoms with Crippen molar-refractivity contribution in [1.82, 2.24) is 0 Å². The fourth-order valence-corrected chi connectivity index (χ4v) is 12.0. The molecule has 0 radical (unpaired) electrons. The highest BCUT2D eigenvalue weighted by molar-refractivity contribution is 7.47. The van der Waals surface area contributed by atoms with Crippen molar-refractivity contribution in [3.05, 3.63) is 219 Å². The van der Waals surface area contributed by atoms with Crippen molar-refractivity contribution < 1.29 is 75.8 Å². The monoisotopic (exact) mass is 1580 g/mol. The SMILES string of the molecule is CC/C=C\C/C=C\C/C=C\C/C=C\C/C=C\C/C=C\CCCCCCCCCCCCCCCCCCC(=O)OCC(O)COP(=O)(O)OCC(O)COP(=O)(O)OCC(COC(=O)CCCC/C=C\C/C=C\C/C=C\C/C=C\C/C=C\C/C=C\CC)OC(=O)CC/C=C\C/C=C\C/C=C\C/C=C\C/C=C\C/C=C\CC. The first kappa shape index (κ1) is 105. The van der Waals surface area contributed by atoms with Crippen LogP contribution in [-0.2, 0) is 55.8 Å². The zero-order chi connectivity index (χ0) is 80.8. The Labute approximate surface area is 672 Å². The number of aliphatic hydroxyl groups excluding tert-OH is 2. The van der Waals surface area contributed by atoms with E-state index in [1.165, 1.54) is 83.5 Å². The summed E-state index contributed by atoms with van der Waals surface area (Å²) < 4.78 is 61.1. The normalized spacial score (nSPS) is 15.0. The van der Waals surface area contributed by atoms with Gasteiger partial charge in [-0.05, 0) is 161 Å². The molecule has 0 amide bonds. The van der Waals surface area contributed by atoms with Crippen LogP contribution in [0.3, 0.4) is 0 Å². The van der Waals surface area contributed by atoms with Crippen molar-refractivity contribution >= 4 is 33.6 Å². The van der Waals surface area contributed by atoms with Gasteiger partial charge in [-0.3, -0.25) is 32.5 Å². The second-order valence-corrected chi connectivity index (χ2v) is 30.0. The maximum absolute atomic E-state index is 13.0. The van der Waals surface area contributed by atoms with Crippen molar-refractivity contribution in [2.75, 3.05) is 39.6 Å². The molecule has 0 aliphatic heterocycles. The third-order valence-electron chi connectivity index (χ3n) is 16.7. The van der Waals surface area contributed by atoms with Crippen LogP contribution in [0.1, 0.15) is 290 Å². The molecule has 111 heavy (non-hydrogen) atoms. The molecular weight excluding hydrogens is 1430 g/mol. The Morgan fingerprint density at radius 2 is 0.468 bits per heavy atom. The zero-order valence-electron chi connectivity index (χ0n) is 68.5. The lowest BCUT2D eigenvalue weighted by molar-refractivity contribution is -0.161. The van der Waals surface area contributed by atoms with E-state index in [1.807, 2.05) is 18.2 Å². The third-order valence-corrected chi connectivity index (χ3v) is 18.6. The van der Waals surface area contributed by atoms with Crippen LogP contribution < -0.4 is 0 Å². The number of hydrogen-bond acceptors (Lipinski definition) is 14. The summed E-state index contributed by atoms with van der Waals surface area (Å²) in [6.07, 6.45) is 113. The molecule has 0 saturated carbocycles. The van der Waals surface area contributed by atoms with Crippen LogP contribution >= 0.6 is 15.6 Å². The summed E-state index contributed by atoms with van der Waals surface area (Å²) in [5, 5.41) is 20.7. The van der Waals surface area contributed by atoms with Gasteiger partial charge in [0.05, 0.1) is 26.4 Å². The predicted octanol–water partition coefficient (Wildman–Crippen LogP) is 25.4. The molecule has 0 aromatic heterocycles. The summed E-state index contributed by atoms with van der Waals surface area (Å²) in [6, 6.07) is 0. The van der Waals surface area contributed by atoms with Gasteiger partial charge in [-0.25, -0.2) is 9.13 Å². The maximum atomic E-state index is 13.0. The highest BCUT2D eigenvalue weighted by Crippen LogP contribution is 2.45. The minimum atomic E-state index is -4.97. The Hall–Kier alpha value is -6.13. The van der Waals surface area contributed by atoms with E-state index >= 15 is 0 Å². The minimum absolute atomic E-state index is 0.0393. The Balaban J connectivity index is 4.59. The Kier molecular flexibility index (Phi) is 78.7. The van der Waals surface area contributed by atoms with Gasteiger partial charge in [-0.15, -0.1) is 0 Å². The Bertz CT molecular complexity index is 2900. The predicted molar refractivity (Wildman–Crippen MR) is 463 cm³/mol. The Morgan fingerprint density at radius 1 is 0.252 bits per heavy atom. The fourth-order valence-electron chi connectivity index (χ4n) is 10.4. The van der Waals surface area contributed by atoms with Crippen molar-refractivity contribution in [2.24, 2.45) is 0 Å². The molecular formula is C93H148O16P2. The number of hydrogen-bond donors (Lipinski definition) is 4. The fraction of sp³-hybridized carbons (Fsp3) is 0.581. The highest BCUT2D eigenvalue weighted by atomic mass is 31.2. The van der Waals surface area contributed by atoms with E-state index in [4.69, 9.17) is 32.3 Å². The summed E-state index contributed by atoms with van der Waals surface area (Å²) in [5.74, 6) is -1.74. The minimum Gasteiger partial charge on any atom is -0.463 e. The first-order valence-electron chi connectivity index (χ1n) is 42.0. The molecule has 5 unspecified atom stereocenters. The van der Waals surface area contributed by atoms with E-state index < -0.39 is 91.5 Å². The number of carbonyl (C=O) groups is 3. The third kappa shape index (κ3) is 84.6. The van der Waals surface area contributed by atoms with E-state index in [-0.39, 0.29) is 19.3 Å². The van der Waals surface area contributed by atoms with Gasteiger partial charge in [0.15, 0.2) is 6.10 Å². The van der Waals surface area contributed by atoms with Crippen molar-refractivity contribution in [3.63, 3.8) is 0 Å². The van der Waals surface area contributed by atoms with Crippen LogP contribution in [0.25, 0.3) is 0 Å². The average molecular weight is 1580 g/mol. The number of carbonyl (C=O) groups excluding carboxylic acids is 3. The van der Waals surface area contributed by atoms with E-state index in [2.05, 4.69) is 221 Å². The van der Waals surface area contributed by atoms with Crippen LogP contribution in [0.15, 0.2) is 219 Å². The molecule has 0 aromatic rings. The van der Waals surface area contributed by atoms with Crippen LogP contribution in [0.5, 0.6) is 0 Å².